The maximum atomic E-state index is 5.73. The Kier molecular flexibility index (Phi) is 2.70. The second kappa shape index (κ2) is 4.17. The Labute approximate surface area is 98.9 Å². The summed E-state index contributed by atoms with van der Waals surface area (Å²) in [5.74, 6) is 0.530. The summed E-state index contributed by atoms with van der Waals surface area (Å²) >= 11 is 0. The van der Waals surface area contributed by atoms with Crippen molar-refractivity contribution in [3.8, 4) is 0 Å². The molecule has 0 aliphatic rings. The number of aromatic nitrogens is 2. The Balaban J connectivity index is 2.36. The molecule has 6 heteroatoms. The topological polar surface area (TPSA) is 116 Å². The van der Waals surface area contributed by atoms with Gasteiger partial charge in [-0.1, -0.05) is 12.1 Å². The highest BCUT2D eigenvalue weighted by atomic mass is 15.1. The molecular formula is C11H14N6. The fourth-order valence-corrected chi connectivity index (χ4v) is 1.51. The summed E-state index contributed by atoms with van der Waals surface area (Å²) in [5, 5.41) is 3.08. The molecule has 17 heavy (non-hydrogen) atoms. The van der Waals surface area contributed by atoms with Gasteiger partial charge in [-0.3, -0.25) is 0 Å². The smallest absolute Gasteiger partial charge is 0.224 e. The Morgan fingerprint density at radius 3 is 2.29 bits per heavy atom. The minimum Gasteiger partial charge on any atom is -0.382 e. The molecule has 2 aromatic rings. The molecule has 0 aliphatic heterocycles. The molecule has 0 atom stereocenters. The van der Waals surface area contributed by atoms with E-state index in [-0.39, 0.29) is 17.6 Å². The van der Waals surface area contributed by atoms with E-state index in [1.165, 1.54) is 0 Å². The first-order valence-electron chi connectivity index (χ1n) is 5.08. The first-order chi connectivity index (χ1) is 8.06. The average molecular weight is 230 g/mol. The molecule has 1 aromatic heterocycles. The minimum atomic E-state index is 0.0646. The number of hydrogen-bond donors (Lipinski definition) is 4. The molecule has 0 saturated heterocycles. The van der Waals surface area contributed by atoms with Crippen LogP contribution < -0.4 is 22.5 Å². The molecule has 0 spiro atoms. The van der Waals surface area contributed by atoms with Crippen LogP contribution in [0.15, 0.2) is 24.3 Å². The van der Waals surface area contributed by atoms with Gasteiger partial charge in [-0.05, 0) is 24.6 Å². The Morgan fingerprint density at radius 1 is 1.06 bits per heavy atom. The first kappa shape index (κ1) is 11.0. The Morgan fingerprint density at radius 2 is 1.71 bits per heavy atom. The van der Waals surface area contributed by atoms with E-state index >= 15 is 0 Å². The van der Waals surface area contributed by atoms with Gasteiger partial charge in [-0.25, -0.2) is 0 Å². The molecule has 0 fully saturated rings. The number of nitrogens with two attached hydrogens (primary N) is 3. The summed E-state index contributed by atoms with van der Waals surface area (Å²) < 4.78 is 0. The van der Waals surface area contributed by atoms with Gasteiger partial charge in [-0.2, -0.15) is 9.97 Å². The quantitative estimate of drug-likeness (QED) is 0.617. The number of anilines is 5. The van der Waals surface area contributed by atoms with Crippen LogP contribution >= 0.6 is 0 Å². The van der Waals surface area contributed by atoms with Crippen LogP contribution in [-0.2, 0) is 0 Å². The largest absolute Gasteiger partial charge is 0.382 e. The van der Waals surface area contributed by atoms with Crippen LogP contribution in [-0.4, -0.2) is 9.97 Å². The summed E-state index contributed by atoms with van der Waals surface area (Å²) in [5.41, 5.74) is 19.4. The second-order valence-corrected chi connectivity index (χ2v) is 3.72. The molecule has 2 rings (SSSR count). The lowest BCUT2D eigenvalue weighted by molar-refractivity contribution is 1.20. The zero-order chi connectivity index (χ0) is 12.4. The van der Waals surface area contributed by atoms with Crippen molar-refractivity contribution in [3.63, 3.8) is 0 Å². The van der Waals surface area contributed by atoms with Crippen molar-refractivity contribution >= 4 is 29.0 Å². The third kappa shape index (κ3) is 2.36. The van der Waals surface area contributed by atoms with E-state index < -0.39 is 0 Å². The van der Waals surface area contributed by atoms with Crippen LogP contribution in [0.2, 0.25) is 0 Å². The second-order valence-electron chi connectivity index (χ2n) is 3.72. The van der Waals surface area contributed by atoms with E-state index in [0.717, 1.165) is 11.3 Å². The SMILES string of the molecule is Cc1cccc(Nc2c(N)nc(N)nc2N)c1. The molecule has 1 heterocycles. The predicted octanol–water partition coefficient (Wildman–Crippen LogP) is 1.28. The Bertz CT molecular complexity index is 528. The molecule has 0 radical (unpaired) electrons. The molecule has 88 valence electrons. The molecule has 0 unspecified atom stereocenters. The standard InChI is InChI=1S/C11H14N6/c1-6-3-2-4-7(5-6)15-8-9(12)16-11(14)17-10(8)13/h2-5,15H,1H3,(H6,12,13,14,16,17). The number of nitrogens with zero attached hydrogens (tertiary/aromatic N) is 2. The minimum absolute atomic E-state index is 0.0646. The van der Waals surface area contributed by atoms with Crippen molar-refractivity contribution in [2.75, 3.05) is 22.5 Å². The van der Waals surface area contributed by atoms with Gasteiger partial charge in [0, 0.05) is 5.69 Å². The van der Waals surface area contributed by atoms with E-state index in [2.05, 4.69) is 15.3 Å². The zero-order valence-corrected chi connectivity index (χ0v) is 9.44. The molecule has 0 bridgehead atoms. The highest BCUT2D eigenvalue weighted by Gasteiger charge is 2.08. The monoisotopic (exact) mass is 230 g/mol. The van der Waals surface area contributed by atoms with E-state index in [9.17, 15) is 0 Å². The summed E-state index contributed by atoms with van der Waals surface area (Å²) in [6.45, 7) is 2.00. The predicted molar refractivity (Wildman–Crippen MR) is 69.7 cm³/mol. The third-order valence-corrected chi connectivity index (χ3v) is 2.27. The number of benzene rings is 1. The maximum absolute atomic E-state index is 5.73. The van der Waals surface area contributed by atoms with E-state index in [1.807, 2.05) is 31.2 Å². The molecule has 6 nitrogen and oxygen atoms in total. The molecule has 1 aromatic carbocycles. The maximum Gasteiger partial charge on any atom is 0.224 e. The Hall–Kier alpha value is -2.50. The first-order valence-corrected chi connectivity index (χ1v) is 5.08. The molecular weight excluding hydrogens is 216 g/mol. The van der Waals surface area contributed by atoms with Crippen LogP contribution in [0, 0.1) is 6.92 Å². The number of aryl methyl sites for hydroxylation is 1. The normalized spacial score (nSPS) is 10.2. The zero-order valence-electron chi connectivity index (χ0n) is 9.44. The lowest BCUT2D eigenvalue weighted by Gasteiger charge is -2.11. The lowest BCUT2D eigenvalue weighted by Crippen LogP contribution is -2.08. The van der Waals surface area contributed by atoms with Gasteiger partial charge >= 0.3 is 0 Å². The summed E-state index contributed by atoms with van der Waals surface area (Å²) in [6, 6.07) is 7.80. The van der Waals surface area contributed by atoms with Gasteiger partial charge < -0.3 is 22.5 Å². The molecule has 0 saturated carbocycles. The van der Waals surface area contributed by atoms with Gasteiger partial charge in [0.25, 0.3) is 0 Å². The van der Waals surface area contributed by atoms with Gasteiger partial charge in [0.1, 0.15) is 5.69 Å². The van der Waals surface area contributed by atoms with Gasteiger partial charge in [0.15, 0.2) is 11.6 Å². The molecule has 0 aliphatic carbocycles. The number of rotatable bonds is 2. The summed E-state index contributed by atoms with van der Waals surface area (Å²) in [7, 11) is 0. The van der Waals surface area contributed by atoms with E-state index in [1.54, 1.807) is 0 Å². The van der Waals surface area contributed by atoms with Crippen LogP contribution in [0.1, 0.15) is 5.56 Å². The molecule has 0 amide bonds. The van der Waals surface area contributed by atoms with Crippen LogP contribution in [0.25, 0.3) is 0 Å². The molecule has 7 N–H and O–H groups in total. The number of hydrogen-bond acceptors (Lipinski definition) is 6. The number of nitrogens with one attached hydrogen (secondary N) is 1. The summed E-state index contributed by atoms with van der Waals surface area (Å²) in [4.78, 5) is 7.71. The lowest BCUT2D eigenvalue weighted by atomic mass is 10.2. The van der Waals surface area contributed by atoms with Crippen molar-refractivity contribution in [2.45, 2.75) is 6.92 Å². The van der Waals surface area contributed by atoms with Gasteiger partial charge in [0.05, 0.1) is 0 Å². The van der Waals surface area contributed by atoms with Crippen LogP contribution in [0.3, 0.4) is 0 Å². The van der Waals surface area contributed by atoms with Crippen molar-refractivity contribution < 1.29 is 0 Å². The van der Waals surface area contributed by atoms with E-state index in [0.29, 0.717) is 5.69 Å². The van der Waals surface area contributed by atoms with Crippen molar-refractivity contribution in [2.24, 2.45) is 0 Å². The highest BCUT2D eigenvalue weighted by molar-refractivity contribution is 5.80. The third-order valence-electron chi connectivity index (χ3n) is 2.27. The average Bonchev–Trinajstić information content (AvgIpc) is 2.23. The van der Waals surface area contributed by atoms with E-state index in [4.69, 9.17) is 17.2 Å². The number of nitrogen functional groups attached to an aromatic ring is 3. The van der Waals surface area contributed by atoms with Crippen molar-refractivity contribution in [3.05, 3.63) is 29.8 Å². The van der Waals surface area contributed by atoms with Crippen molar-refractivity contribution in [1.82, 2.24) is 9.97 Å². The van der Waals surface area contributed by atoms with Crippen LogP contribution in [0.4, 0.5) is 29.0 Å². The van der Waals surface area contributed by atoms with Gasteiger partial charge in [-0.15, -0.1) is 0 Å². The fourth-order valence-electron chi connectivity index (χ4n) is 1.51. The van der Waals surface area contributed by atoms with Crippen molar-refractivity contribution in [1.29, 1.82) is 0 Å². The van der Waals surface area contributed by atoms with Crippen LogP contribution in [0.5, 0.6) is 0 Å². The fraction of sp³-hybridized carbons (Fsp3) is 0.0909. The summed E-state index contributed by atoms with van der Waals surface area (Å²) in [6.07, 6.45) is 0. The highest BCUT2D eigenvalue weighted by Crippen LogP contribution is 2.27. The van der Waals surface area contributed by atoms with Gasteiger partial charge in [0.2, 0.25) is 5.95 Å².